The van der Waals surface area contributed by atoms with Gasteiger partial charge in [0, 0.05) is 6.42 Å². The van der Waals surface area contributed by atoms with Gasteiger partial charge in [-0.15, -0.1) is 0 Å². The largest absolute Gasteiger partial charge is 0.389 e. The minimum absolute atomic E-state index is 0.0986. The van der Waals surface area contributed by atoms with Crippen LogP contribution in [0.25, 0.3) is 11.0 Å². The lowest BCUT2D eigenvalue weighted by Crippen LogP contribution is -2.07. The molecule has 0 aliphatic rings. The Hall–Kier alpha value is -2.07. The third-order valence-corrected chi connectivity index (χ3v) is 2.97. The highest BCUT2D eigenvalue weighted by Crippen LogP contribution is 2.26. The molecule has 0 radical (unpaired) electrons. The number of aliphatic hydroxyl groups is 1. The summed E-state index contributed by atoms with van der Waals surface area (Å²) in [5.74, 6) is 0.326. The average Bonchev–Trinajstić information content (AvgIpc) is 2.80. The predicted octanol–water partition coefficient (Wildman–Crippen LogP) is 2.81. The van der Waals surface area contributed by atoms with Crippen LogP contribution in [0.15, 0.2) is 12.1 Å². The van der Waals surface area contributed by atoms with Crippen LogP contribution in [0.2, 0.25) is 0 Å². The number of hydrogen-bond acceptors (Lipinski definition) is 3. The summed E-state index contributed by atoms with van der Waals surface area (Å²) in [5.41, 5.74) is 1.87. The van der Waals surface area contributed by atoms with E-state index in [1.807, 2.05) is 6.07 Å². The lowest BCUT2D eigenvalue weighted by atomic mass is 10.0. The normalized spacial score (nSPS) is 11.8. The van der Waals surface area contributed by atoms with Crippen molar-refractivity contribution in [3.8, 4) is 6.07 Å². The highest BCUT2D eigenvalue weighted by Gasteiger charge is 2.26. The van der Waals surface area contributed by atoms with E-state index < -0.39 is 12.6 Å². The van der Waals surface area contributed by atoms with E-state index in [1.165, 1.54) is 0 Å². The Kier molecular flexibility index (Phi) is 3.95. The van der Waals surface area contributed by atoms with Gasteiger partial charge in [0.05, 0.1) is 22.7 Å². The number of nitrogens with zero attached hydrogens (tertiary/aromatic N) is 2. The second kappa shape index (κ2) is 5.51. The van der Waals surface area contributed by atoms with E-state index in [9.17, 15) is 13.2 Å². The summed E-state index contributed by atoms with van der Waals surface area (Å²) >= 11 is 0. The van der Waals surface area contributed by atoms with Crippen molar-refractivity contribution in [2.24, 2.45) is 0 Å². The molecular formula is C13H12F3N3O. The number of fused-ring (bicyclic) bond motifs is 1. The van der Waals surface area contributed by atoms with E-state index in [0.29, 0.717) is 28.0 Å². The monoisotopic (exact) mass is 283 g/mol. The molecule has 20 heavy (non-hydrogen) atoms. The van der Waals surface area contributed by atoms with Gasteiger partial charge >= 0.3 is 6.18 Å². The molecule has 0 unspecified atom stereocenters. The second-order valence-corrected chi connectivity index (χ2v) is 4.41. The zero-order valence-electron chi connectivity index (χ0n) is 10.5. The molecule has 0 aliphatic carbocycles. The van der Waals surface area contributed by atoms with Gasteiger partial charge in [-0.25, -0.2) is 4.98 Å². The Morgan fingerprint density at radius 1 is 1.35 bits per heavy atom. The van der Waals surface area contributed by atoms with E-state index in [2.05, 4.69) is 9.97 Å². The van der Waals surface area contributed by atoms with Gasteiger partial charge in [0.2, 0.25) is 0 Å². The van der Waals surface area contributed by atoms with Crippen molar-refractivity contribution in [2.75, 3.05) is 0 Å². The summed E-state index contributed by atoms with van der Waals surface area (Å²) in [7, 11) is 0. The second-order valence-electron chi connectivity index (χ2n) is 4.41. The van der Waals surface area contributed by atoms with Gasteiger partial charge in [-0.1, -0.05) is 0 Å². The number of nitriles is 1. The third kappa shape index (κ3) is 3.08. The zero-order chi connectivity index (χ0) is 14.8. The summed E-state index contributed by atoms with van der Waals surface area (Å²) in [6, 6.07) is 5.14. The van der Waals surface area contributed by atoms with Crippen LogP contribution < -0.4 is 0 Å². The van der Waals surface area contributed by atoms with Crippen molar-refractivity contribution in [3.63, 3.8) is 0 Å². The molecule has 1 aromatic carbocycles. The Bertz CT molecular complexity index is 655. The first-order valence-electron chi connectivity index (χ1n) is 6.03. The minimum Gasteiger partial charge on any atom is -0.388 e. The molecule has 2 aromatic rings. The van der Waals surface area contributed by atoms with Crippen LogP contribution >= 0.6 is 0 Å². The van der Waals surface area contributed by atoms with Crippen LogP contribution in [-0.2, 0) is 13.0 Å². The van der Waals surface area contributed by atoms with E-state index in [0.717, 1.165) is 0 Å². The highest BCUT2D eigenvalue weighted by molar-refractivity contribution is 5.81. The molecular weight excluding hydrogens is 271 g/mol. The number of halogens is 3. The minimum atomic E-state index is -4.21. The fourth-order valence-electron chi connectivity index (χ4n) is 2.08. The van der Waals surface area contributed by atoms with Crippen molar-refractivity contribution in [1.29, 1.82) is 5.26 Å². The Morgan fingerprint density at radius 3 is 2.70 bits per heavy atom. The van der Waals surface area contributed by atoms with Crippen LogP contribution in [0, 0.1) is 11.3 Å². The fourth-order valence-corrected chi connectivity index (χ4v) is 2.08. The van der Waals surface area contributed by atoms with E-state index in [1.54, 1.807) is 12.1 Å². The fraction of sp³-hybridized carbons (Fsp3) is 0.385. The smallest absolute Gasteiger partial charge is 0.388 e. The quantitative estimate of drug-likeness (QED) is 0.906. The molecule has 0 atom stereocenters. The predicted molar refractivity (Wildman–Crippen MR) is 65.7 cm³/mol. The first kappa shape index (κ1) is 14.3. The number of alkyl halides is 3. The standard InChI is InChI=1S/C13H12F3N3O/c14-13(15,16)5-1-2-9-8(6-17)3-4-10-12(9)19-11(7-20)18-10/h3-4,20H,1-2,5,7H2,(H,18,19). The summed E-state index contributed by atoms with van der Waals surface area (Å²) in [4.78, 5) is 6.97. The molecule has 0 saturated heterocycles. The number of H-pyrrole nitrogens is 1. The molecule has 0 bridgehead atoms. The molecule has 0 aliphatic heterocycles. The summed E-state index contributed by atoms with van der Waals surface area (Å²) in [5, 5.41) is 18.1. The maximum atomic E-state index is 12.2. The first-order valence-corrected chi connectivity index (χ1v) is 6.03. The van der Waals surface area contributed by atoms with Crippen LogP contribution in [0.1, 0.15) is 29.8 Å². The summed E-state index contributed by atoms with van der Waals surface area (Å²) < 4.78 is 36.6. The third-order valence-electron chi connectivity index (χ3n) is 2.97. The molecule has 106 valence electrons. The van der Waals surface area contributed by atoms with Crippen molar-refractivity contribution in [2.45, 2.75) is 32.0 Å². The first-order chi connectivity index (χ1) is 9.44. The van der Waals surface area contributed by atoms with Gasteiger partial charge in [0.25, 0.3) is 0 Å². The molecule has 0 saturated carbocycles. The lowest BCUT2D eigenvalue weighted by Gasteiger charge is -2.07. The van der Waals surface area contributed by atoms with Crippen molar-refractivity contribution < 1.29 is 18.3 Å². The Morgan fingerprint density at radius 2 is 2.10 bits per heavy atom. The Balaban J connectivity index is 2.33. The van der Waals surface area contributed by atoms with E-state index in [4.69, 9.17) is 10.4 Å². The van der Waals surface area contributed by atoms with Gasteiger partial charge in [-0.2, -0.15) is 18.4 Å². The van der Waals surface area contributed by atoms with Gasteiger partial charge in [-0.05, 0) is 30.5 Å². The molecule has 1 aromatic heterocycles. The van der Waals surface area contributed by atoms with Crippen LogP contribution in [0.3, 0.4) is 0 Å². The van der Waals surface area contributed by atoms with Crippen molar-refractivity contribution >= 4 is 11.0 Å². The number of benzene rings is 1. The summed E-state index contributed by atoms with van der Waals surface area (Å²) in [6.07, 6.45) is -5.08. The van der Waals surface area contributed by atoms with Gasteiger partial charge < -0.3 is 10.1 Å². The topological polar surface area (TPSA) is 72.7 Å². The van der Waals surface area contributed by atoms with Gasteiger partial charge in [-0.3, -0.25) is 0 Å². The molecule has 0 spiro atoms. The van der Waals surface area contributed by atoms with Gasteiger partial charge in [0.15, 0.2) is 0 Å². The van der Waals surface area contributed by atoms with Crippen LogP contribution in [0.4, 0.5) is 13.2 Å². The van der Waals surface area contributed by atoms with E-state index >= 15 is 0 Å². The molecule has 0 amide bonds. The number of aromatic amines is 1. The average molecular weight is 283 g/mol. The summed E-state index contributed by atoms with van der Waals surface area (Å²) in [6.45, 7) is -0.293. The molecule has 2 rings (SSSR count). The number of hydrogen-bond donors (Lipinski definition) is 2. The van der Waals surface area contributed by atoms with Crippen LogP contribution in [0.5, 0.6) is 0 Å². The molecule has 2 N–H and O–H groups in total. The molecule has 1 heterocycles. The number of nitrogens with one attached hydrogen (secondary N) is 1. The van der Waals surface area contributed by atoms with Crippen molar-refractivity contribution in [1.82, 2.24) is 9.97 Å². The van der Waals surface area contributed by atoms with E-state index in [-0.39, 0.29) is 19.4 Å². The number of rotatable bonds is 4. The highest BCUT2D eigenvalue weighted by atomic mass is 19.4. The number of aromatic nitrogens is 2. The molecule has 4 nitrogen and oxygen atoms in total. The van der Waals surface area contributed by atoms with Crippen molar-refractivity contribution in [3.05, 3.63) is 29.1 Å². The number of aryl methyl sites for hydroxylation is 1. The number of aliphatic hydroxyl groups excluding tert-OH is 1. The Labute approximate surface area is 112 Å². The zero-order valence-corrected chi connectivity index (χ0v) is 10.5. The molecule has 7 heteroatoms. The SMILES string of the molecule is N#Cc1ccc2[nH]c(CO)nc2c1CCCC(F)(F)F. The number of imidazole rings is 1. The van der Waals surface area contributed by atoms with Crippen LogP contribution in [-0.4, -0.2) is 21.3 Å². The maximum absolute atomic E-state index is 12.2. The maximum Gasteiger partial charge on any atom is 0.389 e. The van der Waals surface area contributed by atoms with Gasteiger partial charge in [0.1, 0.15) is 12.4 Å². The molecule has 0 fully saturated rings. The lowest BCUT2D eigenvalue weighted by molar-refractivity contribution is -0.135.